The molecule has 2 unspecified atom stereocenters. The van der Waals surface area contributed by atoms with E-state index < -0.39 is 0 Å². The van der Waals surface area contributed by atoms with Gasteiger partial charge in [-0.2, -0.15) is 0 Å². The van der Waals surface area contributed by atoms with Crippen LogP contribution in [0.1, 0.15) is 38.8 Å². The number of anilines is 1. The van der Waals surface area contributed by atoms with E-state index in [1.165, 1.54) is 19.3 Å². The summed E-state index contributed by atoms with van der Waals surface area (Å²) in [6, 6.07) is 3.06. The summed E-state index contributed by atoms with van der Waals surface area (Å²) in [5, 5.41) is 0. The molecule has 1 fully saturated rings. The van der Waals surface area contributed by atoms with Gasteiger partial charge in [0.15, 0.2) is 0 Å². The minimum atomic E-state index is 0.429. The molecule has 2 atom stereocenters. The summed E-state index contributed by atoms with van der Waals surface area (Å²) in [6.45, 7) is 5.08. The van der Waals surface area contributed by atoms with Crippen molar-refractivity contribution in [2.24, 2.45) is 5.73 Å². The summed E-state index contributed by atoms with van der Waals surface area (Å²) < 4.78 is 0. The number of hydrogen-bond donors (Lipinski definition) is 1. The van der Waals surface area contributed by atoms with E-state index in [4.69, 9.17) is 5.73 Å². The zero-order chi connectivity index (χ0) is 12.3. The maximum Gasteiger partial charge on any atom is 0.132 e. The van der Waals surface area contributed by atoms with Crippen LogP contribution in [0.4, 0.5) is 5.82 Å². The Morgan fingerprint density at radius 1 is 1.41 bits per heavy atom. The van der Waals surface area contributed by atoms with Crippen molar-refractivity contribution in [3.05, 3.63) is 18.1 Å². The van der Waals surface area contributed by atoms with Gasteiger partial charge in [-0.15, -0.1) is 0 Å². The Kier molecular flexibility index (Phi) is 3.94. The Hall–Kier alpha value is -1.16. The van der Waals surface area contributed by atoms with Crippen molar-refractivity contribution in [1.82, 2.24) is 9.97 Å². The van der Waals surface area contributed by atoms with E-state index in [2.05, 4.69) is 34.8 Å². The molecule has 1 aliphatic rings. The van der Waals surface area contributed by atoms with Crippen molar-refractivity contribution >= 4 is 5.82 Å². The van der Waals surface area contributed by atoms with Gasteiger partial charge in [0, 0.05) is 30.4 Å². The largest absolute Gasteiger partial charge is 0.350 e. The van der Waals surface area contributed by atoms with E-state index in [1.807, 2.05) is 0 Å². The van der Waals surface area contributed by atoms with Crippen LogP contribution in [0.25, 0.3) is 0 Å². The summed E-state index contributed by atoms with van der Waals surface area (Å²) in [6.07, 6.45) is 6.29. The lowest BCUT2D eigenvalue weighted by Gasteiger charge is -2.41. The number of aromatic nitrogens is 2. The van der Waals surface area contributed by atoms with Crippen LogP contribution in [0.2, 0.25) is 0 Å². The average molecular weight is 234 g/mol. The van der Waals surface area contributed by atoms with Gasteiger partial charge in [-0.05, 0) is 32.6 Å². The first kappa shape index (κ1) is 12.3. The topological polar surface area (TPSA) is 55.0 Å². The molecular weight excluding hydrogens is 212 g/mol. The van der Waals surface area contributed by atoms with E-state index >= 15 is 0 Å². The Morgan fingerprint density at radius 2 is 2.24 bits per heavy atom. The molecule has 0 radical (unpaired) electrons. The molecule has 0 saturated carbocycles. The fourth-order valence-corrected chi connectivity index (χ4v) is 2.65. The molecule has 17 heavy (non-hydrogen) atoms. The molecule has 1 saturated heterocycles. The van der Waals surface area contributed by atoms with E-state index in [0.717, 1.165) is 17.9 Å². The summed E-state index contributed by atoms with van der Waals surface area (Å²) in [4.78, 5) is 11.1. The smallest absolute Gasteiger partial charge is 0.132 e. The molecule has 4 nitrogen and oxygen atoms in total. The molecule has 2 rings (SSSR count). The molecule has 0 bridgehead atoms. The number of nitrogens with two attached hydrogens (primary N) is 1. The Balaban J connectivity index is 2.27. The summed E-state index contributed by atoms with van der Waals surface area (Å²) >= 11 is 0. The number of rotatable bonds is 3. The second kappa shape index (κ2) is 5.45. The molecule has 1 aromatic rings. The molecule has 0 aromatic carbocycles. The SMILES string of the molecule is CCc1cc(N2C(C)CCCC2CN)ncn1. The highest BCUT2D eigenvalue weighted by Crippen LogP contribution is 2.27. The molecular formula is C13H22N4. The Bertz CT molecular complexity index is 366. The highest BCUT2D eigenvalue weighted by atomic mass is 15.3. The third-order valence-corrected chi connectivity index (χ3v) is 3.64. The van der Waals surface area contributed by atoms with Crippen molar-refractivity contribution in [3.8, 4) is 0 Å². The summed E-state index contributed by atoms with van der Waals surface area (Å²) in [5.74, 6) is 1.04. The fraction of sp³-hybridized carbons (Fsp3) is 0.692. The molecule has 1 aromatic heterocycles. The number of piperidine rings is 1. The molecule has 2 heterocycles. The highest BCUT2D eigenvalue weighted by Gasteiger charge is 2.27. The van der Waals surface area contributed by atoms with E-state index in [1.54, 1.807) is 6.33 Å². The van der Waals surface area contributed by atoms with Crippen molar-refractivity contribution in [2.45, 2.75) is 51.6 Å². The van der Waals surface area contributed by atoms with Gasteiger partial charge in [-0.3, -0.25) is 0 Å². The monoisotopic (exact) mass is 234 g/mol. The second-order valence-corrected chi connectivity index (χ2v) is 4.80. The maximum atomic E-state index is 5.88. The number of hydrogen-bond acceptors (Lipinski definition) is 4. The summed E-state index contributed by atoms with van der Waals surface area (Å²) in [7, 11) is 0. The number of aryl methyl sites for hydroxylation is 1. The van der Waals surface area contributed by atoms with Crippen LogP contribution in [0.15, 0.2) is 12.4 Å². The third-order valence-electron chi connectivity index (χ3n) is 3.64. The first-order valence-electron chi connectivity index (χ1n) is 6.55. The van der Waals surface area contributed by atoms with Crippen molar-refractivity contribution in [1.29, 1.82) is 0 Å². The van der Waals surface area contributed by atoms with Gasteiger partial charge >= 0.3 is 0 Å². The lowest BCUT2D eigenvalue weighted by Crippen LogP contribution is -2.49. The van der Waals surface area contributed by atoms with E-state index in [9.17, 15) is 0 Å². The lowest BCUT2D eigenvalue weighted by molar-refractivity contribution is 0.397. The third kappa shape index (κ3) is 2.57. The normalized spacial score (nSPS) is 25.0. The minimum Gasteiger partial charge on any atom is -0.350 e. The Labute approximate surface area is 103 Å². The van der Waals surface area contributed by atoms with Gasteiger partial charge in [0.1, 0.15) is 12.1 Å². The van der Waals surface area contributed by atoms with Crippen molar-refractivity contribution in [3.63, 3.8) is 0 Å². The zero-order valence-corrected chi connectivity index (χ0v) is 10.8. The lowest BCUT2D eigenvalue weighted by atomic mass is 9.96. The van der Waals surface area contributed by atoms with Gasteiger partial charge in [0.05, 0.1) is 0 Å². The molecule has 2 N–H and O–H groups in total. The maximum absolute atomic E-state index is 5.88. The van der Waals surface area contributed by atoms with Gasteiger partial charge in [0.2, 0.25) is 0 Å². The molecule has 1 aliphatic heterocycles. The zero-order valence-electron chi connectivity index (χ0n) is 10.8. The van der Waals surface area contributed by atoms with Crippen LogP contribution >= 0.6 is 0 Å². The van der Waals surface area contributed by atoms with Crippen LogP contribution in [0.5, 0.6) is 0 Å². The van der Waals surface area contributed by atoms with Gasteiger partial charge in [0.25, 0.3) is 0 Å². The van der Waals surface area contributed by atoms with Crippen LogP contribution < -0.4 is 10.6 Å². The molecule has 0 spiro atoms. The quantitative estimate of drug-likeness (QED) is 0.865. The first-order valence-corrected chi connectivity index (χ1v) is 6.55. The van der Waals surface area contributed by atoms with Crippen LogP contribution in [-0.2, 0) is 6.42 Å². The van der Waals surface area contributed by atoms with Crippen LogP contribution in [0.3, 0.4) is 0 Å². The molecule has 94 valence electrons. The second-order valence-electron chi connectivity index (χ2n) is 4.80. The Morgan fingerprint density at radius 3 is 2.94 bits per heavy atom. The van der Waals surface area contributed by atoms with Crippen LogP contribution in [-0.4, -0.2) is 28.6 Å². The minimum absolute atomic E-state index is 0.429. The number of nitrogens with zero attached hydrogens (tertiary/aromatic N) is 3. The molecule has 0 aliphatic carbocycles. The highest BCUT2D eigenvalue weighted by molar-refractivity contribution is 5.42. The predicted molar refractivity (Wildman–Crippen MR) is 70.0 cm³/mol. The molecule has 0 amide bonds. The molecule has 4 heteroatoms. The summed E-state index contributed by atoms with van der Waals surface area (Å²) in [5.41, 5.74) is 6.98. The first-order chi connectivity index (χ1) is 8.26. The van der Waals surface area contributed by atoms with Crippen LogP contribution in [0, 0.1) is 0 Å². The van der Waals surface area contributed by atoms with E-state index in [-0.39, 0.29) is 0 Å². The van der Waals surface area contributed by atoms with Crippen molar-refractivity contribution in [2.75, 3.05) is 11.4 Å². The van der Waals surface area contributed by atoms with Gasteiger partial charge in [-0.1, -0.05) is 6.92 Å². The predicted octanol–water partition coefficient (Wildman–Crippen LogP) is 1.75. The standard InChI is InChI=1S/C13H22N4/c1-3-11-7-13(16-9-15-11)17-10(2)5-4-6-12(17)8-14/h7,9-10,12H,3-6,8,14H2,1-2H3. The van der Waals surface area contributed by atoms with E-state index in [0.29, 0.717) is 18.6 Å². The van der Waals surface area contributed by atoms with Crippen molar-refractivity contribution < 1.29 is 0 Å². The fourth-order valence-electron chi connectivity index (χ4n) is 2.65. The van der Waals surface area contributed by atoms with Gasteiger partial charge < -0.3 is 10.6 Å². The van der Waals surface area contributed by atoms with Gasteiger partial charge in [-0.25, -0.2) is 9.97 Å². The average Bonchev–Trinajstić information content (AvgIpc) is 2.38.